The molecule has 0 heterocycles. The molecule has 0 atom stereocenters. The minimum absolute atomic E-state index is 0.149. The van der Waals surface area contributed by atoms with Gasteiger partial charge < -0.3 is 16.2 Å². The molecule has 0 aliphatic heterocycles. The van der Waals surface area contributed by atoms with E-state index in [0.717, 1.165) is 5.69 Å². The molecule has 0 aliphatic rings. The Balaban J connectivity index is 3.04. The van der Waals surface area contributed by atoms with Crippen molar-refractivity contribution in [1.82, 2.24) is 0 Å². The zero-order valence-electron chi connectivity index (χ0n) is 5.83. The summed E-state index contributed by atoms with van der Waals surface area (Å²) in [7, 11) is 1.91. The van der Waals surface area contributed by atoms with E-state index < -0.39 is 0 Å². The zero-order valence-corrected chi connectivity index (χ0v) is 5.83. The minimum Gasteiger partial charge on any atom is -0.506 e. The molecule has 54 valence electrons. The Labute approximate surface area is 59.5 Å². The first-order chi connectivity index (χ1) is 4.74. The summed E-state index contributed by atoms with van der Waals surface area (Å²) in [5, 5.41) is 11.0. The number of rotatable bonds is 1. The van der Waals surface area contributed by atoms with Crippen molar-refractivity contribution in [3.8, 4) is 5.75 Å². The molecular weight excluding hydrogens is 128 g/mol. The van der Waals surface area contributed by atoms with Crippen molar-refractivity contribution >= 4 is 11.4 Å². The van der Waals surface area contributed by atoms with E-state index in [1.165, 1.54) is 0 Å². The lowest BCUT2D eigenvalue weighted by atomic mass is 10.2. The third kappa shape index (κ3) is 1.19. The van der Waals surface area contributed by atoms with Crippen LogP contribution >= 0.6 is 0 Å². The fourth-order valence-electron chi connectivity index (χ4n) is 0.740. The maximum atomic E-state index is 9.09. The normalized spacial score (nSPS) is 9.70. The molecule has 3 nitrogen and oxygen atoms in total. The van der Waals surface area contributed by atoms with Crippen LogP contribution < -0.4 is 11.1 Å². The van der Waals surface area contributed by atoms with Crippen LogP contribution in [0.15, 0.2) is 18.2 Å². The van der Waals surface area contributed by atoms with Gasteiger partial charge in [-0.1, -0.05) is 0 Å². The van der Waals surface area contributed by atoms with E-state index in [1.54, 1.807) is 12.1 Å². The standard InChI is InChI=1S/C7H10N2O/c1-9-5-2-3-6(8)7(10)4-5/h2-4,9-10H,8H2,1H3/p+1. The van der Waals surface area contributed by atoms with Crippen LogP contribution in [-0.2, 0) is 0 Å². The van der Waals surface area contributed by atoms with Gasteiger partial charge in [0.25, 0.3) is 0 Å². The summed E-state index contributed by atoms with van der Waals surface area (Å²) >= 11 is 0. The topological polar surface area (TPSA) is 62.9 Å². The van der Waals surface area contributed by atoms with Gasteiger partial charge in [-0.25, -0.2) is 0 Å². The molecule has 0 aromatic heterocycles. The number of quaternary nitrogens is 1. The fourth-order valence-corrected chi connectivity index (χ4v) is 0.740. The number of phenols is 1. The van der Waals surface area contributed by atoms with Gasteiger partial charge in [-0.3, -0.25) is 0 Å². The molecule has 0 radical (unpaired) electrons. The van der Waals surface area contributed by atoms with Crippen LogP contribution in [0.1, 0.15) is 0 Å². The van der Waals surface area contributed by atoms with Crippen LogP contribution in [0.4, 0.5) is 11.4 Å². The first-order valence-electron chi connectivity index (χ1n) is 3.12. The number of nitrogen functional groups attached to an aromatic ring is 1. The first kappa shape index (κ1) is 6.89. The second-order valence-electron chi connectivity index (χ2n) is 2.11. The molecule has 0 aliphatic carbocycles. The van der Waals surface area contributed by atoms with Gasteiger partial charge in [-0.15, -0.1) is 0 Å². The number of hydrogen-bond acceptors (Lipinski definition) is 2. The summed E-state index contributed by atoms with van der Waals surface area (Å²) in [4.78, 5) is 0. The van der Waals surface area contributed by atoms with Crippen LogP contribution in [0.25, 0.3) is 0 Å². The predicted molar refractivity (Wildman–Crippen MR) is 40.0 cm³/mol. The van der Waals surface area contributed by atoms with Gasteiger partial charge in [0, 0.05) is 12.1 Å². The molecular formula is C7H11N2O+. The van der Waals surface area contributed by atoms with E-state index in [4.69, 9.17) is 10.8 Å². The molecule has 0 unspecified atom stereocenters. The highest BCUT2D eigenvalue weighted by molar-refractivity contribution is 5.56. The Bertz CT molecular complexity index is 235. The van der Waals surface area contributed by atoms with Gasteiger partial charge in [0.1, 0.15) is 11.4 Å². The molecule has 0 saturated carbocycles. The summed E-state index contributed by atoms with van der Waals surface area (Å²) < 4.78 is 0. The van der Waals surface area contributed by atoms with E-state index in [0.29, 0.717) is 5.69 Å². The molecule has 1 aromatic carbocycles. The molecule has 1 rings (SSSR count). The highest BCUT2D eigenvalue weighted by atomic mass is 16.3. The van der Waals surface area contributed by atoms with E-state index in [1.807, 2.05) is 18.4 Å². The maximum absolute atomic E-state index is 9.09. The highest BCUT2D eigenvalue weighted by Gasteiger charge is 1.98. The van der Waals surface area contributed by atoms with Crippen molar-refractivity contribution in [1.29, 1.82) is 0 Å². The number of benzene rings is 1. The Morgan fingerprint density at radius 3 is 2.70 bits per heavy atom. The van der Waals surface area contributed by atoms with Crippen molar-refractivity contribution in [3.63, 3.8) is 0 Å². The van der Waals surface area contributed by atoms with Gasteiger partial charge in [-0.05, 0) is 6.07 Å². The largest absolute Gasteiger partial charge is 0.506 e. The van der Waals surface area contributed by atoms with Crippen molar-refractivity contribution in [3.05, 3.63) is 18.2 Å². The molecule has 0 fully saturated rings. The fraction of sp³-hybridized carbons (Fsp3) is 0.143. The second kappa shape index (κ2) is 2.58. The molecule has 0 spiro atoms. The predicted octanol–water partition coefficient (Wildman–Crippen LogP) is -0.201. The Morgan fingerprint density at radius 1 is 1.50 bits per heavy atom. The summed E-state index contributed by atoms with van der Waals surface area (Å²) in [6.07, 6.45) is 0. The third-order valence-electron chi connectivity index (χ3n) is 1.39. The van der Waals surface area contributed by atoms with Crippen LogP contribution in [0.2, 0.25) is 0 Å². The van der Waals surface area contributed by atoms with Gasteiger partial charge in [-0.2, -0.15) is 0 Å². The quantitative estimate of drug-likeness (QED) is 0.372. The van der Waals surface area contributed by atoms with Gasteiger partial charge in [0.2, 0.25) is 0 Å². The average molecular weight is 139 g/mol. The van der Waals surface area contributed by atoms with Crippen molar-refractivity contribution in [2.75, 3.05) is 12.8 Å². The smallest absolute Gasteiger partial charge is 0.144 e. The lowest BCUT2D eigenvalue weighted by Gasteiger charge is -1.98. The molecule has 3 heteroatoms. The van der Waals surface area contributed by atoms with E-state index in [-0.39, 0.29) is 5.75 Å². The number of aromatic hydroxyl groups is 1. The Kier molecular flexibility index (Phi) is 1.78. The third-order valence-corrected chi connectivity index (χ3v) is 1.39. The van der Waals surface area contributed by atoms with Gasteiger partial charge >= 0.3 is 0 Å². The molecule has 0 saturated heterocycles. The maximum Gasteiger partial charge on any atom is 0.144 e. The summed E-state index contributed by atoms with van der Waals surface area (Å²) in [5.41, 5.74) is 6.78. The van der Waals surface area contributed by atoms with Crippen LogP contribution in [0.3, 0.4) is 0 Å². The summed E-state index contributed by atoms with van der Waals surface area (Å²) in [6, 6.07) is 5.18. The zero-order chi connectivity index (χ0) is 7.56. The molecule has 5 N–H and O–H groups in total. The van der Waals surface area contributed by atoms with E-state index in [2.05, 4.69) is 0 Å². The van der Waals surface area contributed by atoms with Crippen molar-refractivity contribution in [2.45, 2.75) is 0 Å². The molecule has 10 heavy (non-hydrogen) atoms. The van der Waals surface area contributed by atoms with Gasteiger partial charge in [0.15, 0.2) is 0 Å². The van der Waals surface area contributed by atoms with Crippen molar-refractivity contribution in [2.24, 2.45) is 0 Å². The van der Waals surface area contributed by atoms with E-state index in [9.17, 15) is 0 Å². The monoisotopic (exact) mass is 139 g/mol. The summed E-state index contributed by atoms with van der Waals surface area (Å²) in [5.74, 6) is 0.149. The number of nitrogens with two attached hydrogens (primary N) is 2. The molecule has 0 bridgehead atoms. The van der Waals surface area contributed by atoms with E-state index >= 15 is 0 Å². The average Bonchev–Trinajstić information content (AvgIpc) is 1.95. The molecule has 1 aromatic rings. The number of phenolic OH excluding ortho intramolecular Hbond substituents is 1. The molecule has 0 amide bonds. The first-order valence-corrected chi connectivity index (χ1v) is 3.12. The second-order valence-corrected chi connectivity index (χ2v) is 2.11. The minimum atomic E-state index is 0.149. The Hall–Kier alpha value is -1.22. The van der Waals surface area contributed by atoms with Crippen molar-refractivity contribution < 1.29 is 10.4 Å². The lowest BCUT2D eigenvalue weighted by molar-refractivity contribution is -0.539. The summed E-state index contributed by atoms with van der Waals surface area (Å²) in [6.45, 7) is 0. The van der Waals surface area contributed by atoms with Crippen LogP contribution in [0.5, 0.6) is 5.75 Å². The number of anilines is 1. The SMILES string of the molecule is C[NH2+]c1ccc(N)c(O)c1. The van der Waals surface area contributed by atoms with Crippen LogP contribution in [-0.4, -0.2) is 12.2 Å². The van der Waals surface area contributed by atoms with Gasteiger partial charge in [0.05, 0.1) is 12.7 Å². The highest BCUT2D eigenvalue weighted by Crippen LogP contribution is 2.20. The number of hydrogen-bond donors (Lipinski definition) is 3. The lowest BCUT2D eigenvalue weighted by Crippen LogP contribution is -2.72. The van der Waals surface area contributed by atoms with Crippen LogP contribution in [0, 0.1) is 0 Å². The Morgan fingerprint density at radius 2 is 2.20 bits per heavy atom.